The lowest BCUT2D eigenvalue weighted by molar-refractivity contribution is 0.688. The zero-order valence-corrected chi connectivity index (χ0v) is 13.2. The summed E-state index contributed by atoms with van der Waals surface area (Å²) in [7, 11) is -1.01. The van der Waals surface area contributed by atoms with E-state index in [0.29, 0.717) is 10.8 Å². The van der Waals surface area contributed by atoms with Crippen molar-refractivity contribution in [2.24, 2.45) is 0 Å². The van der Waals surface area contributed by atoms with Crippen LogP contribution in [0.2, 0.25) is 5.02 Å². The second-order valence-corrected chi connectivity index (χ2v) is 6.68. The van der Waals surface area contributed by atoms with E-state index in [4.69, 9.17) is 11.6 Å². The molecule has 0 bridgehead atoms. The molecular weight excluding hydrogens is 344 g/mol. The molecule has 0 heterocycles. The van der Waals surface area contributed by atoms with Gasteiger partial charge in [0.1, 0.15) is 0 Å². The Balaban J connectivity index is 1.97. The standard InChI is InChI=1S/C15H12BrClOS/c16-14-5-1-13(2-6-14)11-19(18)10-9-12-3-7-15(17)8-4-12/h1-10H,11H2. The molecule has 0 aliphatic heterocycles. The third-order valence-electron chi connectivity index (χ3n) is 2.50. The van der Waals surface area contributed by atoms with Gasteiger partial charge in [-0.2, -0.15) is 0 Å². The first-order chi connectivity index (χ1) is 9.13. The molecule has 0 radical (unpaired) electrons. The highest BCUT2D eigenvalue weighted by molar-refractivity contribution is 9.10. The molecule has 98 valence electrons. The third kappa shape index (κ3) is 4.94. The molecule has 0 aliphatic carbocycles. The van der Waals surface area contributed by atoms with Gasteiger partial charge in [-0.25, -0.2) is 0 Å². The van der Waals surface area contributed by atoms with Gasteiger partial charge in [0, 0.05) is 14.9 Å². The Morgan fingerprint density at radius 2 is 1.68 bits per heavy atom. The highest BCUT2D eigenvalue weighted by Crippen LogP contribution is 2.14. The van der Waals surface area contributed by atoms with Crippen LogP contribution < -0.4 is 0 Å². The predicted molar refractivity (Wildman–Crippen MR) is 86.5 cm³/mol. The number of hydrogen-bond donors (Lipinski definition) is 0. The molecule has 0 saturated carbocycles. The Kier molecular flexibility index (Phi) is 5.37. The van der Waals surface area contributed by atoms with Gasteiger partial charge in [0.15, 0.2) is 0 Å². The van der Waals surface area contributed by atoms with Crippen molar-refractivity contribution in [2.45, 2.75) is 5.75 Å². The maximum Gasteiger partial charge on any atom is 0.0526 e. The molecule has 2 rings (SSSR count). The van der Waals surface area contributed by atoms with Gasteiger partial charge >= 0.3 is 0 Å². The van der Waals surface area contributed by atoms with Crippen LogP contribution in [0.1, 0.15) is 11.1 Å². The van der Waals surface area contributed by atoms with Gasteiger partial charge in [0.05, 0.1) is 16.6 Å². The Hall–Kier alpha value is -0.900. The van der Waals surface area contributed by atoms with Gasteiger partial charge in [0.2, 0.25) is 0 Å². The minimum Gasteiger partial charge on any atom is -0.255 e. The van der Waals surface area contributed by atoms with Gasteiger partial charge in [-0.15, -0.1) is 0 Å². The summed E-state index contributed by atoms with van der Waals surface area (Å²) in [4.78, 5) is 0. The second-order valence-electron chi connectivity index (χ2n) is 4.01. The van der Waals surface area contributed by atoms with E-state index in [1.165, 1.54) is 0 Å². The van der Waals surface area contributed by atoms with E-state index in [1.54, 1.807) is 5.41 Å². The van der Waals surface area contributed by atoms with Gasteiger partial charge < -0.3 is 0 Å². The third-order valence-corrected chi connectivity index (χ3v) is 4.34. The second kappa shape index (κ2) is 7.04. The number of halogens is 2. The quantitative estimate of drug-likeness (QED) is 0.752. The van der Waals surface area contributed by atoms with Crippen LogP contribution in [0.3, 0.4) is 0 Å². The first kappa shape index (κ1) is 14.5. The topological polar surface area (TPSA) is 17.1 Å². The molecule has 0 N–H and O–H groups in total. The van der Waals surface area contributed by atoms with Crippen molar-refractivity contribution < 1.29 is 4.21 Å². The molecule has 1 atom stereocenters. The monoisotopic (exact) mass is 354 g/mol. The average molecular weight is 356 g/mol. The van der Waals surface area contributed by atoms with Crippen molar-refractivity contribution in [3.8, 4) is 0 Å². The van der Waals surface area contributed by atoms with Gasteiger partial charge in [-0.3, -0.25) is 4.21 Å². The van der Waals surface area contributed by atoms with Crippen LogP contribution in [0.25, 0.3) is 6.08 Å². The Bertz CT molecular complexity index is 591. The van der Waals surface area contributed by atoms with E-state index in [1.807, 2.05) is 54.6 Å². The summed E-state index contributed by atoms with van der Waals surface area (Å²) in [5.74, 6) is 0.525. The fourth-order valence-corrected chi connectivity index (χ4v) is 2.84. The summed E-state index contributed by atoms with van der Waals surface area (Å²) in [5.41, 5.74) is 2.05. The minimum atomic E-state index is -1.01. The molecular formula is C15H12BrClOS. The van der Waals surface area contributed by atoms with Gasteiger partial charge in [-0.1, -0.05) is 51.8 Å². The van der Waals surface area contributed by atoms with Crippen LogP contribution in [0.5, 0.6) is 0 Å². The molecule has 1 unspecified atom stereocenters. The predicted octanol–water partition coefficient (Wildman–Crippen LogP) is 5.02. The lowest BCUT2D eigenvalue weighted by atomic mass is 10.2. The first-order valence-electron chi connectivity index (χ1n) is 5.69. The highest BCUT2D eigenvalue weighted by atomic mass is 79.9. The van der Waals surface area contributed by atoms with E-state index >= 15 is 0 Å². The largest absolute Gasteiger partial charge is 0.255 e. The van der Waals surface area contributed by atoms with E-state index in [0.717, 1.165) is 15.6 Å². The van der Waals surface area contributed by atoms with Crippen LogP contribution in [-0.2, 0) is 16.6 Å². The molecule has 0 aliphatic rings. The summed E-state index contributed by atoms with van der Waals surface area (Å²) < 4.78 is 13.0. The van der Waals surface area contributed by atoms with E-state index < -0.39 is 10.8 Å². The number of rotatable bonds is 4. The minimum absolute atomic E-state index is 0.525. The first-order valence-corrected chi connectivity index (χ1v) is 8.24. The molecule has 0 spiro atoms. The highest BCUT2D eigenvalue weighted by Gasteiger charge is 1.98. The van der Waals surface area contributed by atoms with E-state index in [2.05, 4.69) is 15.9 Å². The van der Waals surface area contributed by atoms with Crippen LogP contribution >= 0.6 is 27.5 Å². The molecule has 2 aromatic rings. The van der Waals surface area contributed by atoms with Crippen LogP contribution in [0.4, 0.5) is 0 Å². The average Bonchev–Trinajstić information content (AvgIpc) is 2.41. The molecule has 2 aromatic carbocycles. The maximum atomic E-state index is 11.9. The fourth-order valence-electron chi connectivity index (χ4n) is 1.52. The lowest BCUT2D eigenvalue weighted by Crippen LogP contribution is -1.90. The number of benzene rings is 2. The van der Waals surface area contributed by atoms with Crippen molar-refractivity contribution >= 4 is 44.4 Å². The molecule has 0 amide bonds. The normalized spacial score (nSPS) is 12.7. The van der Waals surface area contributed by atoms with Crippen LogP contribution in [0, 0.1) is 0 Å². The molecule has 0 saturated heterocycles. The summed E-state index contributed by atoms with van der Waals surface area (Å²) >= 11 is 9.18. The molecule has 4 heteroatoms. The van der Waals surface area contributed by atoms with Crippen molar-refractivity contribution in [1.82, 2.24) is 0 Å². The van der Waals surface area contributed by atoms with Gasteiger partial charge in [0.25, 0.3) is 0 Å². The molecule has 19 heavy (non-hydrogen) atoms. The Labute approximate surface area is 128 Å². The van der Waals surface area contributed by atoms with Crippen molar-refractivity contribution in [1.29, 1.82) is 0 Å². The number of hydrogen-bond acceptors (Lipinski definition) is 1. The Morgan fingerprint density at radius 3 is 2.32 bits per heavy atom. The summed E-state index contributed by atoms with van der Waals surface area (Å²) in [5, 5.41) is 2.42. The zero-order chi connectivity index (χ0) is 13.7. The lowest BCUT2D eigenvalue weighted by Gasteiger charge is -1.99. The zero-order valence-electron chi connectivity index (χ0n) is 10.1. The smallest absolute Gasteiger partial charge is 0.0526 e. The van der Waals surface area contributed by atoms with Crippen LogP contribution in [0.15, 0.2) is 58.4 Å². The SMILES string of the molecule is O=S(C=Cc1ccc(Cl)cc1)Cc1ccc(Br)cc1. The van der Waals surface area contributed by atoms with Gasteiger partial charge in [-0.05, 0) is 41.5 Å². The maximum absolute atomic E-state index is 11.9. The summed E-state index contributed by atoms with van der Waals surface area (Å²) in [6, 6.07) is 15.3. The van der Waals surface area contributed by atoms with Crippen molar-refractivity contribution in [2.75, 3.05) is 0 Å². The molecule has 0 aromatic heterocycles. The van der Waals surface area contributed by atoms with Crippen molar-refractivity contribution in [3.05, 3.63) is 74.6 Å². The van der Waals surface area contributed by atoms with E-state index in [-0.39, 0.29) is 0 Å². The summed E-state index contributed by atoms with van der Waals surface area (Å²) in [6.07, 6.45) is 1.85. The van der Waals surface area contributed by atoms with Crippen molar-refractivity contribution in [3.63, 3.8) is 0 Å². The molecule has 0 fully saturated rings. The molecule has 1 nitrogen and oxygen atoms in total. The van der Waals surface area contributed by atoms with Crippen LogP contribution in [-0.4, -0.2) is 4.21 Å². The summed E-state index contributed by atoms with van der Waals surface area (Å²) in [6.45, 7) is 0. The Morgan fingerprint density at radius 1 is 1.05 bits per heavy atom. The fraction of sp³-hybridized carbons (Fsp3) is 0.0667. The van der Waals surface area contributed by atoms with E-state index in [9.17, 15) is 4.21 Å².